The fourth-order valence-corrected chi connectivity index (χ4v) is 3.25. The molecular weight excluding hydrogens is 384 g/mol. The predicted octanol–water partition coefficient (Wildman–Crippen LogP) is 4.99. The summed E-state index contributed by atoms with van der Waals surface area (Å²) in [6.45, 7) is 0. The van der Waals surface area contributed by atoms with Crippen molar-refractivity contribution in [1.29, 1.82) is 0 Å². The van der Waals surface area contributed by atoms with Crippen LogP contribution in [0.4, 0.5) is 5.69 Å². The van der Waals surface area contributed by atoms with Gasteiger partial charge in [0.15, 0.2) is 5.17 Å². The maximum Gasteiger partial charge on any atom is 0.264 e. The molecule has 3 rings (SSSR count). The fourth-order valence-electron chi connectivity index (χ4n) is 1.86. The van der Waals surface area contributed by atoms with Crippen molar-refractivity contribution in [3.05, 3.63) is 68.5 Å². The molecule has 2 aromatic rings. The molecule has 0 unspecified atom stereocenters. The second-order valence-electron chi connectivity index (χ2n) is 4.51. The van der Waals surface area contributed by atoms with Gasteiger partial charge >= 0.3 is 0 Å². The van der Waals surface area contributed by atoms with Crippen molar-refractivity contribution in [3.8, 4) is 0 Å². The monoisotopic (exact) mass is 392 g/mol. The average Bonchev–Trinajstić information content (AvgIpc) is 2.81. The van der Waals surface area contributed by atoms with E-state index in [1.54, 1.807) is 24.3 Å². The highest BCUT2D eigenvalue weighted by Crippen LogP contribution is 2.28. The number of hydrogen-bond donors (Lipinski definition) is 1. The number of nitrogens with zero attached hydrogens (tertiary/aromatic N) is 1. The molecule has 3 nitrogen and oxygen atoms in total. The maximum absolute atomic E-state index is 12.0. The first-order chi connectivity index (χ1) is 10.6. The van der Waals surface area contributed by atoms with Crippen LogP contribution in [0.5, 0.6) is 0 Å². The summed E-state index contributed by atoms with van der Waals surface area (Å²) < 4.78 is 0.973. The lowest BCUT2D eigenvalue weighted by molar-refractivity contribution is -0.115. The molecule has 0 saturated carbocycles. The van der Waals surface area contributed by atoms with Gasteiger partial charge in [0.1, 0.15) is 0 Å². The van der Waals surface area contributed by atoms with Gasteiger partial charge in [-0.1, -0.05) is 39.7 Å². The Kier molecular flexibility index (Phi) is 4.66. The Bertz CT molecular complexity index is 787. The number of carbonyl (C=O) groups excluding carboxylic acids is 1. The van der Waals surface area contributed by atoms with Gasteiger partial charge in [-0.2, -0.15) is 0 Å². The molecule has 0 aliphatic carbocycles. The van der Waals surface area contributed by atoms with E-state index in [4.69, 9.17) is 11.6 Å². The van der Waals surface area contributed by atoms with Crippen LogP contribution in [0.15, 0.2) is 62.9 Å². The Morgan fingerprint density at radius 2 is 1.95 bits per heavy atom. The lowest BCUT2D eigenvalue weighted by Crippen LogP contribution is -2.19. The molecule has 0 spiro atoms. The smallest absolute Gasteiger partial charge is 0.264 e. The van der Waals surface area contributed by atoms with Gasteiger partial charge in [0.25, 0.3) is 5.91 Å². The summed E-state index contributed by atoms with van der Waals surface area (Å²) in [4.78, 5) is 17.0. The fraction of sp³-hybridized carbons (Fsp3) is 0. The second kappa shape index (κ2) is 6.69. The highest BCUT2D eigenvalue weighted by molar-refractivity contribution is 9.10. The number of amidine groups is 1. The third-order valence-corrected chi connectivity index (χ3v) is 4.51. The molecule has 1 fully saturated rings. The van der Waals surface area contributed by atoms with Crippen LogP contribution in [0.3, 0.4) is 0 Å². The highest BCUT2D eigenvalue weighted by atomic mass is 79.9. The van der Waals surface area contributed by atoms with Crippen LogP contribution < -0.4 is 5.32 Å². The van der Waals surface area contributed by atoms with E-state index in [1.807, 2.05) is 30.3 Å². The van der Waals surface area contributed by atoms with Crippen molar-refractivity contribution in [2.45, 2.75) is 0 Å². The quantitative estimate of drug-likeness (QED) is 0.730. The van der Waals surface area contributed by atoms with Crippen molar-refractivity contribution in [3.63, 3.8) is 0 Å². The number of nitrogens with one attached hydrogen (secondary N) is 1. The topological polar surface area (TPSA) is 41.5 Å². The normalized spacial score (nSPS) is 18.0. The zero-order valence-corrected chi connectivity index (χ0v) is 14.4. The largest absolute Gasteiger partial charge is 0.300 e. The number of benzene rings is 2. The molecule has 110 valence electrons. The molecular formula is C16H10BrClN2OS. The first-order valence-corrected chi connectivity index (χ1v) is 8.40. The van der Waals surface area contributed by atoms with Gasteiger partial charge in [-0.3, -0.25) is 4.79 Å². The van der Waals surface area contributed by atoms with E-state index in [1.165, 1.54) is 11.8 Å². The zero-order chi connectivity index (χ0) is 15.5. The number of hydrogen-bond acceptors (Lipinski definition) is 3. The van der Waals surface area contributed by atoms with Crippen molar-refractivity contribution < 1.29 is 4.79 Å². The standard InChI is InChI=1S/C16H10BrClN2OS/c17-11-3-1-2-10(8-11)9-14-15(21)20-16(22-14)19-13-6-4-12(18)5-7-13/h1-9H,(H,19,20,21)/b14-9-. The lowest BCUT2D eigenvalue weighted by atomic mass is 10.2. The van der Waals surface area contributed by atoms with Crippen molar-refractivity contribution in [2.24, 2.45) is 4.99 Å². The molecule has 1 N–H and O–H groups in total. The van der Waals surface area contributed by atoms with Crippen LogP contribution in [0, 0.1) is 0 Å². The summed E-state index contributed by atoms with van der Waals surface area (Å²) in [5, 5.41) is 3.98. The lowest BCUT2D eigenvalue weighted by Gasteiger charge is -1.96. The number of amides is 1. The zero-order valence-electron chi connectivity index (χ0n) is 11.2. The molecule has 6 heteroatoms. The van der Waals surface area contributed by atoms with E-state index in [9.17, 15) is 4.79 Å². The number of carbonyl (C=O) groups is 1. The molecule has 0 radical (unpaired) electrons. The van der Waals surface area contributed by atoms with Crippen LogP contribution >= 0.6 is 39.3 Å². The van der Waals surface area contributed by atoms with E-state index < -0.39 is 0 Å². The van der Waals surface area contributed by atoms with E-state index in [0.717, 1.165) is 15.7 Å². The van der Waals surface area contributed by atoms with E-state index in [2.05, 4.69) is 26.2 Å². The predicted molar refractivity (Wildman–Crippen MR) is 96.4 cm³/mol. The summed E-state index contributed by atoms with van der Waals surface area (Å²) in [7, 11) is 0. The summed E-state index contributed by atoms with van der Waals surface area (Å²) >= 11 is 10.6. The molecule has 0 aromatic heterocycles. The molecule has 22 heavy (non-hydrogen) atoms. The minimum atomic E-state index is -0.141. The molecule has 2 aromatic carbocycles. The summed E-state index contributed by atoms with van der Waals surface area (Å²) in [5.74, 6) is -0.141. The van der Waals surface area contributed by atoms with Crippen LogP contribution in [0.1, 0.15) is 5.56 Å². The minimum Gasteiger partial charge on any atom is -0.300 e. The van der Waals surface area contributed by atoms with E-state index in [0.29, 0.717) is 15.1 Å². The molecule has 1 heterocycles. The minimum absolute atomic E-state index is 0.141. The first-order valence-electron chi connectivity index (χ1n) is 6.41. The molecule has 1 amide bonds. The number of rotatable bonds is 2. The summed E-state index contributed by atoms with van der Waals surface area (Å²) in [5.41, 5.74) is 1.70. The highest BCUT2D eigenvalue weighted by Gasteiger charge is 2.23. The van der Waals surface area contributed by atoms with Gasteiger partial charge in [-0.15, -0.1) is 0 Å². The van der Waals surface area contributed by atoms with Gasteiger partial charge in [0.2, 0.25) is 0 Å². The number of halogens is 2. The second-order valence-corrected chi connectivity index (χ2v) is 6.90. The van der Waals surface area contributed by atoms with Crippen molar-refractivity contribution in [1.82, 2.24) is 5.32 Å². The van der Waals surface area contributed by atoms with Crippen LogP contribution in [-0.2, 0) is 4.79 Å². The van der Waals surface area contributed by atoms with Crippen LogP contribution in [0.2, 0.25) is 5.02 Å². The Hall–Kier alpha value is -1.56. The number of thioether (sulfide) groups is 1. The molecule has 0 bridgehead atoms. The average molecular weight is 394 g/mol. The maximum atomic E-state index is 12.0. The van der Waals surface area contributed by atoms with Gasteiger partial charge < -0.3 is 5.32 Å². The van der Waals surface area contributed by atoms with Gasteiger partial charge in [0.05, 0.1) is 10.6 Å². The summed E-state index contributed by atoms with van der Waals surface area (Å²) in [6.07, 6.45) is 1.84. The molecule has 0 atom stereocenters. The molecule has 1 aliphatic heterocycles. The van der Waals surface area contributed by atoms with Crippen molar-refractivity contribution in [2.75, 3.05) is 0 Å². The summed E-state index contributed by atoms with van der Waals surface area (Å²) in [6, 6.07) is 14.9. The molecule has 1 saturated heterocycles. The SMILES string of the molecule is O=C1NC(=Nc2ccc(Cl)cc2)S/C1=C\c1cccc(Br)c1. The van der Waals surface area contributed by atoms with Gasteiger partial charge in [-0.05, 0) is 59.8 Å². The van der Waals surface area contributed by atoms with Gasteiger partial charge in [-0.25, -0.2) is 4.99 Å². The third kappa shape index (κ3) is 3.80. The Morgan fingerprint density at radius 1 is 1.18 bits per heavy atom. The molecule has 1 aliphatic rings. The van der Waals surface area contributed by atoms with E-state index >= 15 is 0 Å². The van der Waals surface area contributed by atoms with Crippen molar-refractivity contribution >= 4 is 62.1 Å². The van der Waals surface area contributed by atoms with Gasteiger partial charge in [0, 0.05) is 9.50 Å². The Morgan fingerprint density at radius 3 is 2.68 bits per heavy atom. The number of aliphatic imine (C=N–C) groups is 1. The third-order valence-electron chi connectivity index (χ3n) is 2.85. The van der Waals surface area contributed by atoms with Crippen LogP contribution in [0.25, 0.3) is 6.08 Å². The van der Waals surface area contributed by atoms with Crippen LogP contribution in [-0.4, -0.2) is 11.1 Å². The Labute approximate surface area is 145 Å². The first kappa shape index (κ1) is 15.3. The van der Waals surface area contributed by atoms with E-state index in [-0.39, 0.29) is 5.91 Å². The Balaban J connectivity index is 1.82.